The molecule has 0 bridgehead atoms. The first kappa shape index (κ1) is 30.0. The lowest BCUT2D eigenvalue weighted by atomic mass is 9.91. The molecule has 0 saturated carbocycles. The van der Waals surface area contributed by atoms with Crippen LogP contribution in [-0.4, -0.2) is 0 Å². The van der Waals surface area contributed by atoms with E-state index < -0.39 is 0 Å². The van der Waals surface area contributed by atoms with Crippen LogP contribution in [0.4, 0.5) is 17.1 Å². The number of nitrogens with zero attached hydrogens (tertiary/aromatic N) is 1. The van der Waals surface area contributed by atoms with Gasteiger partial charge in [0, 0.05) is 27.8 Å². The molecule has 0 spiro atoms. The topological polar surface area (TPSA) is 16.4 Å². The Kier molecular flexibility index (Phi) is 7.18. The Bertz CT molecular complexity index is 2890. The van der Waals surface area contributed by atoms with E-state index >= 15 is 0 Å². The zero-order valence-corrected chi connectivity index (χ0v) is 28.4. The molecule has 0 saturated heterocycles. The van der Waals surface area contributed by atoms with Crippen molar-refractivity contribution in [3.63, 3.8) is 0 Å². The van der Waals surface area contributed by atoms with Crippen molar-refractivity contribution in [1.82, 2.24) is 0 Å². The standard InChI is InChI=1S/C50H33NO/c1-4-14-34(15-5-1)38-28-39(44-21-11-10-20-43(44)35-16-6-2-7-17-35)30-42(29-38)51(40-18-8-3-9-19-40)41-27-26-36-24-25-37-31-50-48(33-47(37)46(36)32-41)45-22-12-13-23-49(45)52-50/h1-33H. The first-order valence-electron chi connectivity index (χ1n) is 17.8. The van der Waals surface area contributed by atoms with Gasteiger partial charge in [-0.15, -0.1) is 0 Å². The number of anilines is 3. The normalized spacial score (nSPS) is 11.5. The van der Waals surface area contributed by atoms with Crippen LogP contribution in [0, 0.1) is 0 Å². The highest BCUT2D eigenvalue weighted by Gasteiger charge is 2.18. The zero-order valence-electron chi connectivity index (χ0n) is 28.4. The average molecular weight is 664 g/mol. The van der Waals surface area contributed by atoms with Gasteiger partial charge in [-0.05, 0) is 116 Å². The van der Waals surface area contributed by atoms with Gasteiger partial charge in [0.2, 0.25) is 0 Å². The molecule has 9 aromatic carbocycles. The summed E-state index contributed by atoms with van der Waals surface area (Å²) in [6, 6.07) is 71.9. The maximum Gasteiger partial charge on any atom is 0.136 e. The van der Waals surface area contributed by atoms with E-state index in [1.54, 1.807) is 0 Å². The van der Waals surface area contributed by atoms with E-state index in [0.29, 0.717) is 0 Å². The molecule has 0 unspecified atom stereocenters. The van der Waals surface area contributed by atoms with Crippen LogP contribution in [0.3, 0.4) is 0 Å². The van der Waals surface area contributed by atoms with Crippen molar-refractivity contribution in [2.75, 3.05) is 4.90 Å². The second-order valence-electron chi connectivity index (χ2n) is 13.4. The maximum atomic E-state index is 6.27. The van der Waals surface area contributed by atoms with Crippen LogP contribution in [-0.2, 0) is 0 Å². The van der Waals surface area contributed by atoms with E-state index in [9.17, 15) is 0 Å². The van der Waals surface area contributed by atoms with Gasteiger partial charge in [0.25, 0.3) is 0 Å². The van der Waals surface area contributed by atoms with E-state index in [2.05, 4.69) is 193 Å². The largest absolute Gasteiger partial charge is 0.456 e. The van der Waals surface area contributed by atoms with Gasteiger partial charge in [-0.25, -0.2) is 0 Å². The lowest BCUT2D eigenvalue weighted by Crippen LogP contribution is -2.10. The Morgan fingerprint density at radius 1 is 0.288 bits per heavy atom. The molecular weight excluding hydrogens is 631 g/mol. The highest BCUT2D eigenvalue weighted by atomic mass is 16.3. The summed E-state index contributed by atoms with van der Waals surface area (Å²) in [5.41, 5.74) is 12.2. The van der Waals surface area contributed by atoms with Crippen molar-refractivity contribution in [2.24, 2.45) is 0 Å². The smallest absolute Gasteiger partial charge is 0.136 e. The maximum absolute atomic E-state index is 6.27. The fourth-order valence-electron chi connectivity index (χ4n) is 7.72. The molecular formula is C50H33NO. The summed E-state index contributed by atoms with van der Waals surface area (Å²) in [6.07, 6.45) is 0. The van der Waals surface area contributed by atoms with Gasteiger partial charge in [0.05, 0.1) is 0 Å². The molecule has 1 heterocycles. The van der Waals surface area contributed by atoms with E-state index in [1.165, 1.54) is 38.4 Å². The molecule has 0 radical (unpaired) electrons. The molecule has 2 heteroatoms. The second kappa shape index (κ2) is 12.5. The highest BCUT2D eigenvalue weighted by Crippen LogP contribution is 2.43. The number of hydrogen-bond acceptors (Lipinski definition) is 2. The Morgan fingerprint density at radius 3 is 1.67 bits per heavy atom. The van der Waals surface area contributed by atoms with Crippen LogP contribution in [0.2, 0.25) is 0 Å². The molecule has 0 fully saturated rings. The third-order valence-corrected chi connectivity index (χ3v) is 10.2. The average Bonchev–Trinajstić information content (AvgIpc) is 3.58. The van der Waals surface area contributed by atoms with Crippen LogP contribution in [0.25, 0.3) is 76.9 Å². The summed E-state index contributed by atoms with van der Waals surface area (Å²) < 4.78 is 6.27. The van der Waals surface area contributed by atoms with Crippen molar-refractivity contribution in [3.05, 3.63) is 200 Å². The SMILES string of the molecule is c1ccc(-c2cc(-c3ccccc3-c3ccccc3)cc(N(c3ccccc3)c3ccc4ccc5cc6oc7ccccc7c6cc5c4c3)c2)cc1. The Hall–Kier alpha value is -6.90. The van der Waals surface area contributed by atoms with Crippen LogP contribution in [0.15, 0.2) is 205 Å². The molecule has 0 amide bonds. The van der Waals surface area contributed by atoms with Crippen molar-refractivity contribution < 1.29 is 4.42 Å². The van der Waals surface area contributed by atoms with Crippen LogP contribution >= 0.6 is 0 Å². The van der Waals surface area contributed by atoms with Crippen molar-refractivity contribution >= 4 is 60.5 Å². The van der Waals surface area contributed by atoms with Gasteiger partial charge in [-0.3, -0.25) is 0 Å². The van der Waals surface area contributed by atoms with E-state index in [0.717, 1.165) is 55.5 Å². The summed E-state index contributed by atoms with van der Waals surface area (Å²) in [6.45, 7) is 0. The predicted molar refractivity (Wildman–Crippen MR) is 220 cm³/mol. The third-order valence-electron chi connectivity index (χ3n) is 10.2. The molecule has 10 rings (SSSR count). The molecule has 244 valence electrons. The van der Waals surface area contributed by atoms with E-state index in [-0.39, 0.29) is 0 Å². The lowest BCUT2D eigenvalue weighted by molar-refractivity contribution is 0.669. The van der Waals surface area contributed by atoms with Crippen molar-refractivity contribution in [2.45, 2.75) is 0 Å². The molecule has 0 aliphatic carbocycles. The number of rotatable bonds is 6. The fourth-order valence-corrected chi connectivity index (χ4v) is 7.72. The van der Waals surface area contributed by atoms with E-state index in [1.807, 2.05) is 12.1 Å². The lowest BCUT2D eigenvalue weighted by Gasteiger charge is -2.27. The van der Waals surface area contributed by atoms with Gasteiger partial charge < -0.3 is 9.32 Å². The minimum Gasteiger partial charge on any atom is -0.456 e. The van der Waals surface area contributed by atoms with Gasteiger partial charge in [0.1, 0.15) is 11.2 Å². The first-order chi connectivity index (χ1) is 25.8. The number of furan rings is 1. The van der Waals surface area contributed by atoms with Gasteiger partial charge >= 0.3 is 0 Å². The number of para-hydroxylation sites is 2. The predicted octanol–water partition coefficient (Wildman–Crippen LogP) is 14.4. The second-order valence-corrected chi connectivity index (χ2v) is 13.4. The van der Waals surface area contributed by atoms with E-state index in [4.69, 9.17) is 4.42 Å². The summed E-state index contributed by atoms with van der Waals surface area (Å²) in [4.78, 5) is 2.39. The van der Waals surface area contributed by atoms with Crippen LogP contribution < -0.4 is 4.90 Å². The molecule has 10 aromatic rings. The van der Waals surface area contributed by atoms with Gasteiger partial charge in [-0.1, -0.05) is 140 Å². The molecule has 0 aliphatic heterocycles. The molecule has 0 atom stereocenters. The van der Waals surface area contributed by atoms with Crippen LogP contribution in [0.1, 0.15) is 0 Å². The fraction of sp³-hybridized carbons (Fsp3) is 0. The molecule has 0 N–H and O–H groups in total. The van der Waals surface area contributed by atoms with Crippen LogP contribution in [0.5, 0.6) is 0 Å². The zero-order chi connectivity index (χ0) is 34.4. The number of benzene rings is 9. The van der Waals surface area contributed by atoms with Gasteiger partial charge in [0.15, 0.2) is 0 Å². The molecule has 2 nitrogen and oxygen atoms in total. The van der Waals surface area contributed by atoms with Crippen molar-refractivity contribution in [3.8, 4) is 33.4 Å². The summed E-state index contributed by atoms with van der Waals surface area (Å²) >= 11 is 0. The molecule has 1 aromatic heterocycles. The Morgan fingerprint density at radius 2 is 0.885 bits per heavy atom. The minimum atomic E-state index is 0.913. The number of hydrogen-bond donors (Lipinski definition) is 0. The molecule has 0 aliphatic rings. The Labute approximate surface area is 302 Å². The minimum absolute atomic E-state index is 0.913. The third kappa shape index (κ3) is 5.21. The monoisotopic (exact) mass is 663 g/mol. The van der Waals surface area contributed by atoms with Crippen molar-refractivity contribution in [1.29, 1.82) is 0 Å². The first-order valence-corrected chi connectivity index (χ1v) is 17.8. The summed E-state index contributed by atoms with van der Waals surface area (Å²) in [7, 11) is 0. The number of fused-ring (bicyclic) bond motifs is 6. The quantitative estimate of drug-likeness (QED) is 0.165. The van der Waals surface area contributed by atoms with Gasteiger partial charge in [-0.2, -0.15) is 0 Å². The Balaban J connectivity index is 1.22. The summed E-state index contributed by atoms with van der Waals surface area (Å²) in [5.74, 6) is 0. The summed E-state index contributed by atoms with van der Waals surface area (Å²) in [5, 5.41) is 7.05. The molecule has 52 heavy (non-hydrogen) atoms. The highest BCUT2D eigenvalue weighted by molar-refractivity contribution is 6.17.